The maximum absolute atomic E-state index is 15.0. The van der Waals surface area contributed by atoms with Crippen molar-refractivity contribution in [3.8, 4) is 11.5 Å². The van der Waals surface area contributed by atoms with Crippen LogP contribution in [0.25, 0.3) is 0 Å². The zero-order valence-corrected chi connectivity index (χ0v) is 22.3. The lowest BCUT2D eigenvalue weighted by Gasteiger charge is -2.35. The number of carbonyl (C=O) groups excluding carboxylic acids is 3. The first-order chi connectivity index (χ1) is 18.3. The minimum absolute atomic E-state index is 0.0271. The minimum atomic E-state index is -5.28. The van der Waals surface area contributed by atoms with E-state index < -0.39 is 40.3 Å². The van der Waals surface area contributed by atoms with E-state index in [0.29, 0.717) is 12.8 Å². The second kappa shape index (κ2) is 10.4. The van der Waals surface area contributed by atoms with Crippen molar-refractivity contribution in [3.05, 3.63) is 70.9 Å². The lowest BCUT2D eigenvalue weighted by molar-refractivity contribution is -0.190. The quantitative estimate of drug-likeness (QED) is 0.514. The van der Waals surface area contributed by atoms with Crippen LogP contribution in [0.15, 0.2) is 59.8 Å². The number of benzene rings is 2. The minimum Gasteiger partial charge on any atom is -0.493 e. The highest BCUT2D eigenvalue weighted by Crippen LogP contribution is 2.51. The molecule has 0 saturated carbocycles. The van der Waals surface area contributed by atoms with Crippen LogP contribution in [-0.2, 0) is 16.0 Å². The molecule has 10 heteroatoms. The van der Waals surface area contributed by atoms with Crippen LogP contribution in [0.1, 0.15) is 49.0 Å². The summed E-state index contributed by atoms with van der Waals surface area (Å²) in [6, 6.07) is 13.2. The first-order valence-electron chi connectivity index (χ1n) is 12.6. The van der Waals surface area contributed by atoms with Gasteiger partial charge in [0, 0.05) is 24.2 Å². The Hall–Kier alpha value is -3.82. The molecule has 1 unspecified atom stereocenters. The molecule has 2 aromatic rings. The first kappa shape index (κ1) is 28.2. The molecule has 1 atom stereocenters. The number of Topliss-reactive ketones (excluding diaryl/α,β-unsaturated/α-hetero) is 1. The molecule has 2 aliphatic rings. The topological polar surface area (TPSA) is 84.9 Å². The van der Waals surface area contributed by atoms with E-state index in [1.165, 1.54) is 32.4 Å². The molecule has 0 bridgehead atoms. The van der Waals surface area contributed by atoms with E-state index in [2.05, 4.69) is 0 Å². The van der Waals surface area contributed by atoms with Gasteiger partial charge in [-0.2, -0.15) is 13.2 Å². The van der Waals surface area contributed by atoms with Gasteiger partial charge in [-0.25, -0.2) is 0 Å². The summed E-state index contributed by atoms with van der Waals surface area (Å²) in [6.45, 7) is 3.52. The smallest absolute Gasteiger partial charge is 0.425 e. The van der Waals surface area contributed by atoms with E-state index in [1.54, 1.807) is 13.8 Å². The first-order valence-corrected chi connectivity index (χ1v) is 12.6. The molecule has 0 aromatic heterocycles. The van der Waals surface area contributed by atoms with Crippen LogP contribution in [0.2, 0.25) is 0 Å². The van der Waals surface area contributed by atoms with Crippen molar-refractivity contribution < 1.29 is 37.0 Å². The van der Waals surface area contributed by atoms with Crippen LogP contribution in [0, 0.1) is 5.41 Å². The lowest BCUT2D eigenvalue weighted by atomic mass is 9.72. The Morgan fingerprint density at radius 2 is 1.67 bits per heavy atom. The number of allylic oxidation sites excluding steroid dienone is 1. The molecule has 2 amide bonds. The third-order valence-electron chi connectivity index (χ3n) is 7.18. The molecule has 1 N–H and O–H groups in total. The molecular weight excluding hydrogens is 513 g/mol. The van der Waals surface area contributed by atoms with E-state index in [9.17, 15) is 14.4 Å². The summed E-state index contributed by atoms with van der Waals surface area (Å²) in [4.78, 5) is 41.4. The predicted molar refractivity (Wildman–Crippen MR) is 137 cm³/mol. The Kier molecular flexibility index (Phi) is 7.51. The maximum Gasteiger partial charge on any atom is 0.425 e. The Bertz CT molecular complexity index is 1320. The number of hydrogen-bond acceptors (Lipinski definition) is 5. The summed E-state index contributed by atoms with van der Waals surface area (Å²) in [5, 5.41) is 1.95. The van der Waals surface area contributed by atoms with Crippen LogP contribution in [0.5, 0.6) is 11.5 Å². The summed E-state index contributed by atoms with van der Waals surface area (Å²) < 4.78 is 55.3. The number of nitrogens with zero attached hydrogens (tertiary/aromatic N) is 1. The van der Waals surface area contributed by atoms with Gasteiger partial charge in [0.05, 0.1) is 19.8 Å². The number of rotatable bonds is 8. The molecular formula is C29H31F3N2O5. The number of nitrogens with one attached hydrogen (secondary N) is 1. The third-order valence-corrected chi connectivity index (χ3v) is 7.18. The van der Waals surface area contributed by atoms with Gasteiger partial charge in [0.15, 0.2) is 17.3 Å². The van der Waals surface area contributed by atoms with Crippen molar-refractivity contribution in [1.82, 2.24) is 10.2 Å². The summed E-state index contributed by atoms with van der Waals surface area (Å²) in [5.74, 6) is -2.94. The number of aryl methyl sites for hydroxylation is 1. The van der Waals surface area contributed by atoms with Crippen LogP contribution in [-0.4, -0.2) is 55.0 Å². The number of ether oxygens (including phenoxy) is 2. The lowest BCUT2D eigenvalue weighted by Crippen LogP contribution is -2.66. The van der Waals surface area contributed by atoms with Gasteiger partial charge < -0.3 is 19.7 Å². The number of carbonyl (C=O) groups is 3. The SMILES string of the molecule is COc1ccc(C(=O)NC2(C(F)(F)F)C(=O)N(CCCc3ccccc3)C3=C2C(=O)CC(C)(C)C3)cc1OC. The van der Waals surface area contributed by atoms with Crippen LogP contribution in [0.4, 0.5) is 13.2 Å². The van der Waals surface area contributed by atoms with E-state index in [-0.39, 0.29) is 42.1 Å². The van der Waals surface area contributed by atoms with Crippen LogP contribution in [0.3, 0.4) is 0 Å². The van der Waals surface area contributed by atoms with E-state index >= 15 is 13.2 Å². The van der Waals surface area contributed by atoms with Gasteiger partial charge in [-0.1, -0.05) is 44.2 Å². The summed E-state index contributed by atoms with van der Waals surface area (Å²) in [7, 11) is 2.70. The molecule has 1 aliphatic carbocycles. The van der Waals surface area contributed by atoms with Gasteiger partial charge in [-0.05, 0) is 48.4 Å². The zero-order chi connectivity index (χ0) is 28.6. The Labute approximate surface area is 225 Å². The zero-order valence-electron chi connectivity index (χ0n) is 22.3. The van der Waals surface area contributed by atoms with Gasteiger partial charge in [0.25, 0.3) is 11.8 Å². The molecule has 1 aliphatic heterocycles. The molecule has 39 heavy (non-hydrogen) atoms. The molecule has 2 aromatic carbocycles. The van der Waals surface area contributed by atoms with Gasteiger partial charge in [0.2, 0.25) is 5.54 Å². The summed E-state index contributed by atoms with van der Waals surface area (Å²) in [5.41, 5.74) is -4.01. The van der Waals surface area contributed by atoms with Gasteiger partial charge in [0.1, 0.15) is 0 Å². The van der Waals surface area contributed by atoms with Gasteiger partial charge in [-0.3, -0.25) is 14.4 Å². The number of alkyl halides is 3. The molecule has 0 spiro atoms. The van der Waals surface area contributed by atoms with Crippen LogP contribution < -0.4 is 14.8 Å². The standard InChI is InChI=1S/C29H31F3N2O5/c1-27(2)16-20-24(21(35)17-27)28(29(30,31)32,26(37)34(20)14-8-11-18-9-6-5-7-10-18)33-25(36)19-12-13-22(38-3)23(15-19)39-4/h5-7,9-10,12-13,15H,8,11,14,16-17H2,1-4H3,(H,33,36). The second-order valence-electron chi connectivity index (χ2n) is 10.6. The fourth-order valence-electron chi connectivity index (χ4n) is 5.37. The highest BCUT2D eigenvalue weighted by Gasteiger charge is 2.71. The molecule has 7 nitrogen and oxygen atoms in total. The number of hydrogen-bond donors (Lipinski definition) is 1. The van der Waals surface area contributed by atoms with Crippen LogP contribution >= 0.6 is 0 Å². The van der Waals surface area contributed by atoms with Crippen molar-refractivity contribution in [3.63, 3.8) is 0 Å². The average molecular weight is 545 g/mol. The van der Waals surface area contributed by atoms with Gasteiger partial charge in [-0.15, -0.1) is 0 Å². The van der Waals surface area contributed by atoms with Crippen molar-refractivity contribution in [2.45, 2.75) is 51.2 Å². The van der Waals surface area contributed by atoms with Gasteiger partial charge >= 0.3 is 6.18 Å². The Balaban J connectivity index is 1.75. The fourth-order valence-corrected chi connectivity index (χ4v) is 5.37. The fraction of sp³-hybridized carbons (Fsp3) is 0.414. The second-order valence-corrected chi connectivity index (χ2v) is 10.6. The monoisotopic (exact) mass is 544 g/mol. The van der Waals surface area contributed by atoms with Crippen molar-refractivity contribution in [2.24, 2.45) is 5.41 Å². The van der Waals surface area contributed by atoms with Crippen molar-refractivity contribution in [1.29, 1.82) is 0 Å². The molecule has 4 rings (SSSR count). The average Bonchev–Trinajstić information content (AvgIpc) is 3.11. The largest absolute Gasteiger partial charge is 0.493 e. The predicted octanol–water partition coefficient (Wildman–Crippen LogP) is 4.85. The summed E-state index contributed by atoms with van der Waals surface area (Å²) >= 11 is 0. The Morgan fingerprint density at radius 1 is 1.00 bits per heavy atom. The van der Waals surface area contributed by atoms with E-state index in [0.717, 1.165) is 10.5 Å². The third kappa shape index (κ3) is 5.12. The number of methoxy groups -OCH3 is 2. The molecule has 208 valence electrons. The molecule has 0 saturated heterocycles. The van der Waals surface area contributed by atoms with E-state index in [1.807, 2.05) is 35.6 Å². The Morgan fingerprint density at radius 3 is 2.28 bits per heavy atom. The molecule has 0 radical (unpaired) electrons. The number of halogens is 3. The number of ketones is 1. The maximum atomic E-state index is 15.0. The normalized spacial score (nSPS) is 20.6. The highest BCUT2D eigenvalue weighted by molar-refractivity contribution is 6.14. The highest BCUT2D eigenvalue weighted by atomic mass is 19.4. The van der Waals surface area contributed by atoms with Crippen molar-refractivity contribution in [2.75, 3.05) is 20.8 Å². The molecule has 1 heterocycles. The number of amides is 2. The van der Waals surface area contributed by atoms with E-state index in [4.69, 9.17) is 9.47 Å². The summed E-state index contributed by atoms with van der Waals surface area (Å²) in [6.07, 6.45) is -4.46. The van der Waals surface area contributed by atoms with Crippen molar-refractivity contribution >= 4 is 17.6 Å². The molecule has 0 fully saturated rings.